The standard InChI is InChI=1S/C12H11ClN2O4S2/c1-7-6-20-10(12(16)19-2)11(7)21(17,18)15-9-5-8(13)3-4-14-9/h3-6H,1-2H3,(H,14,15). The minimum absolute atomic E-state index is 0.0181. The van der Waals surface area contributed by atoms with Crippen molar-refractivity contribution < 1.29 is 17.9 Å². The number of aryl methyl sites for hydroxylation is 1. The van der Waals surface area contributed by atoms with E-state index in [9.17, 15) is 13.2 Å². The van der Waals surface area contributed by atoms with Crippen molar-refractivity contribution in [3.05, 3.63) is 39.2 Å². The Kier molecular flexibility index (Phi) is 4.50. The number of methoxy groups -OCH3 is 1. The SMILES string of the molecule is COC(=O)c1scc(C)c1S(=O)(=O)Nc1cc(Cl)ccn1. The Morgan fingerprint density at radius 2 is 2.19 bits per heavy atom. The molecule has 112 valence electrons. The van der Waals surface area contributed by atoms with E-state index >= 15 is 0 Å². The number of hydrogen-bond acceptors (Lipinski definition) is 6. The molecule has 0 saturated heterocycles. The van der Waals surface area contributed by atoms with Crippen LogP contribution in [-0.4, -0.2) is 26.5 Å². The number of thiophene rings is 1. The van der Waals surface area contributed by atoms with Crippen LogP contribution in [0.2, 0.25) is 5.02 Å². The molecule has 21 heavy (non-hydrogen) atoms. The highest BCUT2D eigenvalue weighted by Crippen LogP contribution is 2.29. The Labute approximate surface area is 130 Å². The lowest BCUT2D eigenvalue weighted by atomic mass is 10.3. The number of ether oxygens (including phenoxy) is 1. The second kappa shape index (κ2) is 6.00. The van der Waals surface area contributed by atoms with E-state index in [2.05, 4.69) is 14.4 Å². The predicted molar refractivity (Wildman–Crippen MR) is 80.5 cm³/mol. The fourth-order valence-corrected chi connectivity index (χ4v) is 4.52. The molecule has 0 atom stereocenters. The first-order chi connectivity index (χ1) is 9.85. The van der Waals surface area contributed by atoms with Crippen LogP contribution in [0.5, 0.6) is 0 Å². The van der Waals surface area contributed by atoms with Gasteiger partial charge in [0, 0.05) is 17.3 Å². The molecule has 2 heterocycles. The summed E-state index contributed by atoms with van der Waals surface area (Å²) >= 11 is 6.80. The van der Waals surface area contributed by atoms with Crippen molar-refractivity contribution in [2.75, 3.05) is 11.8 Å². The van der Waals surface area contributed by atoms with E-state index in [-0.39, 0.29) is 15.6 Å². The van der Waals surface area contributed by atoms with Gasteiger partial charge >= 0.3 is 5.97 Å². The molecule has 2 aromatic rings. The van der Waals surface area contributed by atoms with Gasteiger partial charge in [0.1, 0.15) is 15.6 Å². The topological polar surface area (TPSA) is 85.4 Å². The number of nitrogens with zero attached hydrogens (tertiary/aromatic N) is 1. The number of carbonyl (C=O) groups is 1. The highest BCUT2D eigenvalue weighted by molar-refractivity contribution is 7.93. The normalized spacial score (nSPS) is 11.2. The van der Waals surface area contributed by atoms with Crippen molar-refractivity contribution in [1.29, 1.82) is 0 Å². The summed E-state index contributed by atoms with van der Waals surface area (Å²) in [7, 11) is -2.77. The molecule has 0 aliphatic carbocycles. The molecule has 9 heteroatoms. The lowest BCUT2D eigenvalue weighted by Gasteiger charge is -2.09. The average molecular weight is 347 g/mol. The number of esters is 1. The molecule has 0 aromatic carbocycles. The minimum Gasteiger partial charge on any atom is -0.465 e. The third-order valence-corrected chi connectivity index (χ3v) is 5.50. The molecule has 0 fully saturated rings. The molecule has 0 aliphatic rings. The fourth-order valence-electron chi connectivity index (χ4n) is 1.65. The third kappa shape index (κ3) is 3.34. The maximum atomic E-state index is 12.4. The fraction of sp³-hybridized carbons (Fsp3) is 0.167. The van der Waals surface area contributed by atoms with E-state index in [0.717, 1.165) is 11.3 Å². The number of carbonyl (C=O) groups excluding carboxylic acids is 1. The summed E-state index contributed by atoms with van der Waals surface area (Å²) in [5, 5.41) is 1.92. The van der Waals surface area contributed by atoms with Crippen LogP contribution in [0.15, 0.2) is 28.6 Å². The van der Waals surface area contributed by atoms with Crippen molar-refractivity contribution >= 4 is 44.7 Å². The molecule has 0 aliphatic heterocycles. The molecule has 0 saturated carbocycles. The molecule has 1 N–H and O–H groups in total. The number of aromatic nitrogens is 1. The van der Waals surface area contributed by atoms with Gasteiger partial charge in [0.05, 0.1) is 7.11 Å². The van der Waals surface area contributed by atoms with Gasteiger partial charge in [0.25, 0.3) is 10.0 Å². The number of sulfonamides is 1. The maximum Gasteiger partial charge on any atom is 0.349 e. The zero-order chi connectivity index (χ0) is 15.6. The van der Waals surface area contributed by atoms with Crippen molar-refractivity contribution in [3.63, 3.8) is 0 Å². The summed E-state index contributed by atoms with van der Waals surface area (Å²) in [4.78, 5) is 15.4. The van der Waals surface area contributed by atoms with Crippen molar-refractivity contribution in [3.8, 4) is 0 Å². The molecule has 0 spiro atoms. The van der Waals surface area contributed by atoms with Gasteiger partial charge < -0.3 is 4.74 Å². The van der Waals surface area contributed by atoms with Gasteiger partial charge in [0.2, 0.25) is 0 Å². The van der Waals surface area contributed by atoms with Crippen LogP contribution < -0.4 is 4.72 Å². The molecular weight excluding hydrogens is 336 g/mol. The number of anilines is 1. The predicted octanol–water partition coefficient (Wildman–Crippen LogP) is 2.69. The largest absolute Gasteiger partial charge is 0.465 e. The second-order valence-corrected chi connectivity index (χ2v) is 6.97. The number of nitrogens with one attached hydrogen (secondary N) is 1. The minimum atomic E-state index is -3.96. The molecule has 0 bridgehead atoms. The zero-order valence-electron chi connectivity index (χ0n) is 11.1. The van der Waals surface area contributed by atoms with Gasteiger partial charge in [0.15, 0.2) is 0 Å². The van der Waals surface area contributed by atoms with Crippen molar-refractivity contribution in [2.45, 2.75) is 11.8 Å². The van der Waals surface area contributed by atoms with Crippen LogP contribution in [-0.2, 0) is 14.8 Å². The van der Waals surface area contributed by atoms with Gasteiger partial charge in [-0.05, 0) is 23.9 Å². The Morgan fingerprint density at radius 3 is 2.81 bits per heavy atom. The monoisotopic (exact) mass is 346 g/mol. The zero-order valence-corrected chi connectivity index (χ0v) is 13.5. The molecule has 2 rings (SSSR count). The molecule has 6 nitrogen and oxygen atoms in total. The number of hydrogen-bond donors (Lipinski definition) is 1. The lowest BCUT2D eigenvalue weighted by Crippen LogP contribution is -2.17. The Balaban J connectivity index is 2.45. The van der Waals surface area contributed by atoms with Crippen LogP contribution in [0.4, 0.5) is 5.82 Å². The number of pyridine rings is 1. The molecule has 2 aromatic heterocycles. The van der Waals surface area contributed by atoms with Crippen LogP contribution in [0.25, 0.3) is 0 Å². The van der Waals surface area contributed by atoms with Gasteiger partial charge in [-0.3, -0.25) is 4.72 Å². The van der Waals surface area contributed by atoms with E-state index in [0.29, 0.717) is 10.6 Å². The third-order valence-electron chi connectivity index (χ3n) is 2.52. The van der Waals surface area contributed by atoms with E-state index in [1.807, 2.05) is 0 Å². The molecule has 0 radical (unpaired) electrons. The van der Waals surface area contributed by atoms with Crippen molar-refractivity contribution in [1.82, 2.24) is 4.98 Å². The van der Waals surface area contributed by atoms with E-state index in [4.69, 9.17) is 11.6 Å². The molecular formula is C12H11ClN2O4S2. The summed E-state index contributed by atoms with van der Waals surface area (Å²) < 4.78 is 31.8. The lowest BCUT2D eigenvalue weighted by molar-refractivity contribution is 0.0602. The smallest absolute Gasteiger partial charge is 0.349 e. The first-order valence-corrected chi connectivity index (χ1v) is 8.40. The summed E-state index contributed by atoms with van der Waals surface area (Å²) in [6.45, 7) is 1.60. The number of rotatable bonds is 4. The van der Waals surface area contributed by atoms with Gasteiger partial charge in [-0.1, -0.05) is 11.6 Å². The summed E-state index contributed by atoms with van der Waals surface area (Å²) in [6.07, 6.45) is 1.38. The highest BCUT2D eigenvalue weighted by atomic mass is 35.5. The maximum absolute atomic E-state index is 12.4. The summed E-state index contributed by atoms with van der Waals surface area (Å²) in [5.41, 5.74) is 0.454. The summed E-state index contributed by atoms with van der Waals surface area (Å²) in [6, 6.07) is 2.90. The second-order valence-electron chi connectivity index (χ2n) is 4.03. The Morgan fingerprint density at radius 1 is 1.48 bits per heavy atom. The Bertz CT molecular complexity index is 786. The highest BCUT2D eigenvalue weighted by Gasteiger charge is 2.27. The van der Waals surface area contributed by atoms with Crippen LogP contribution >= 0.6 is 22.9 Å². The van der Waals surface area contributed by atoms with Gasteiger partial charge in [-0.25, -0.2) is 18.2 Å². The Hall–Kier alpha value is -1.64. The van der Waals surface area contributed by atoms with Crippen LogP contribution in [0, 0.1) is 6.92 Å². The number of halogens is 1. The van der Waals surface area contributed by atoms with E-state index in [1.54, 1.807) is 12.3 Å². The van der Waals surface area contributed by atoms with E-state index in [1.165, 1.54) is 25.4 Å². The van der Waals surface area contributed by atoms with Gasteiger partial charge in [-0.2, -0.15) is 0 Å². The van der Waals surface area contributed by atoms with E-state index < -0.39 is 16.0 Å². The average Bonchev–Trinajstić information content (AvgIpc) is 2.80. The van der Waals surface area contributed by atoms with Crippen LogP contribution in [0.1, 0.15) is 15.2 Å². The first kappa shape index (κ1) is 15.7. The van der Waals surface area contributed by atoms with Crippen molar-refractivity contribution in [2.24, 2.45) is 0 Å². The summed E-state index contributed by atoms with van der Waals surface area (Å²) in [5.74, 6) is -0.628. The first-order valence-electron chi connectivity index (χ1n) is 5.66. The molecule has 0 unspecified atom stereocenters. The quantitative estimate of drug-likeness (QED) is 0.860. The van der Waals surface area contributed by atoms with Gasteiger partial charge in [-0.15, -0.1) is 11.3 Å². The molecule has 0 amide bonds. The van der Waals surface area contributed by atoms with Crippen LogP contribution in [0.3, 0.4) is 0 Å².